The van der Waals surface area contributed by atoms with E-state index in [0.717, 1.165) is 17.7 Å². The third kappa shape index (κ3) is 11.1. The molecule has 0 saturated heterocycles. The summed E-state index contributed by atoms with van der Waals surface area (Å²) in [5.74, 6) is 0.730. The maximum atomic E-state index is 11.7. The van der Waals surface area contributed by atoms with Crippen LogP contribution in [0.3, 0.4) is 0 Å². The Morgan fingerprint density at radius 1 is 1.14 bits per heavy atom. The Hall–Kier alpha value is -4.69. The van der Waals surface area contributed by atoms with Gasteiger partial charge in [0.05, 0.1) is 35.8 Å². The quantitative estimate of drug-likeness (QED) is 0.114. The van der Waals surface area contributed by atoms with Crippen molar-refractivity contribution in [2.45, 2.75) is 71.9 Å². The molecule has 0 atom stereocenters. The second kappa shape index (κ2) is 15.3. The zero-order valence-corrected chi connectivity index (χ0v) is 24.3. The van der Waals surface area contributed by atoms with Crippen molar-refractivity contribution in [3.63, 3.8) is 0 Å². The molecule has 0 saturated carbocycles. The molecule has 15 nitrogen and oxygen atoms in total. The van der Waals surface area contributed by atoms with Crippen LogP contribution in [0.4, 0.5) is 27.9 Å². The van der Waals surface area contributed by atoms with E-state index in [1.807, 2.05) is 0 Å². The maximum Gasteiger partial charge on any atom is 0.407 e. The second-order valence-corrected chi connectivity index (χ2v) is 10.3. The molecule has 1 aliphatic carbocycles. The molecule has 0 aliphatic heterocycles. The highest BCUT2D eigenvalue weighted by Crippen LogP contribution is 2.27. The lowest BCUT2D eigenvalue weighted by Crippen LogP contribution is -2.33. The third-order valence-corrected chi connectivity index (χ3v) is 5.60. The highest BCUT2D eigenvalue weighted by Gasteiger charge is 2.20. The number of allylic oxidation sites excluding steroid dienone is 4. The highest BCUT2D eigenvalue weighted by molar-refractivity contribution is 5.69. The summed E-state index contributed by atoms with van der Waals surface area (Å²) in [4.78, 5) is 42.6. The summed E-state index contributed by atoms with van der Waals surface area (Å²) < 4.78 is 17.5. The van der Waals surface area contributed by atoms with Crippen LogP contribution in [-0.4, -0.2) is 62.1 Å². The molecule has 228 valence electrons. The fourth-order valence-electron chi connectivity index (χ4n) is 3.73. The molecule has 42 heavy (non-hydrogen) atoms. The van der Waals surface area contributed by atoms with E-state index in [-0.39, 0.29) is 23.4 Å². The van der Waals surface area contributed by atoms with Crippen LogP contribution in [0.1, 0.15) is 59.8 Å². The van der Waals surface area contributed by atoms with E-state index in [1.54, 1.807) is 56.9 Å². The molecule has 3 rings (SSSR count). The molecule has 1 amide bonds. The van der Waals surface area contributed by atoms with Gasteiger partial charge in [0, 0.05) is 37.8 Å². The lowest BCUT2D eigenvalue weighted by Gasteiger charge is -2.19. The van der Waals surface area contributed by atoms with Crippen molar-refractivity contribution in [2.24, 2.45) is 0 Å². The number of esters is 1. The largest absolute Gasteiger partial charge is 0.498 e. The van der Waals surface area contributed by atoms with Crippen LogP contribution in [0.5, 0.6) is 0 Å². The number of nitrogens with zero attached hydrogens (tertiary/aromatic N) is 5. The molecule has 0 unspecified atom stereocenters. The van der Waals surface area contributed by atoms with E-state index >= 15 is 0 Å². The number of rotatable bonds is 15. The average molecular weight is 587 g/mol. The Bertz CT molecular complexity index is 1300. The number of carbonyl (C=O) groups excluding carboxylic acids is 2. The topological polar surface area (TPSA) is 185 Å². The number of carbonyl (C=O) groups is 2. The fraction of sp³-hybridized carbons (Fsp3) is 0.519. The summed E-state index contributed by atoms with van der Waals surface area (Å²) in [5, 5.41) is 24.6. The third-order valence-electron chi connectivity index (χ3n) is 5.60. The van der Waals surface area contributed by atoms with Crippen molar-refractivity contribution in [3.05, 3.63) is 52.3 Å². The zero-order chi connectivity index (χ0) is 30.5. The Morgan fingerprint density at radius 2 is 1.95 bits per heavy atom. The summed E-state index contributed by atoms with van der Waals surface area (Å²) in [6, 6.07) is 0. The smallest absolute Gasteiger partial charge is 0.407 e. The number of nitro groups is 1. The number of nitrogens with one attached hydrogen (secondary N) is 3. The van der Waals surface area contributed by atoms with Gasteiger partial charge in [-0.25, -0.2) is 9.78 Å². The normalized spacial score (nSPS) is 13.0. The van der Waals surface area contributed by atoms with Crippen LogP contribution in [0, 0.1) is 10.1 Å². The van der Waals surface area contributed by atoms with Crippen LogP contribution in [0.2, 0.25) is 0 Å². The number of hydrogen-bond donors (Lipinski definition) is 3. The van der Waals surface area contributed by atoms with Crippen molar-refractivity contribution in [3.8, 4) is 0 Å². The van der Waals surface area contributed by atoms with Gasteiger partial charge in [-0.2, -0.15) is 10.1 Å². The van der Waals surface area contributed by atoms with Crippen molar-refractivity contribution in [2.75, 3.05) is 30.4 Å². The molecule has 0 fully saturated rings. The zero-order valence-electron chi connectivity index (χ0n) is 24.3. The predicted octanol–water partition coefficient (Wildman–Crippen LogP) is 4.57. The summed E-state index contributed by atoms with van der Waals surface area (Å²) in [6.07, 6.45) is 10.2. The number of aromatic nitrogens is 4. The van der Waals surface area contributed by atoms with Crippen LogP contribution in [-0.2, 0) is 25.5 Å². The van der Waals surface area contributed by atoms with E-state index in [0.29, 0.717) is 64.1 Å². The van der Waals surface area contributed by atoms with Crippen LogP contribution in [0.25, 0.3) is 0 Å². The number of ether oxygens (including phenoxy) is 3. The first-order valence-electron chi connectivity index (χ1n) is 13.8. The van der Waals surface area contributed by atoms with E-state index in [9.17, 15) is 19.7 Å². The van der Waals surface area contributed by atoms with E-state index in [4.69, 9.17) is 14.2 Å². The Kier molecular flexibility index (Phi) is 11.6. The number of amides is 1. The Balaban J connectivity index is 1.53. The van der Waals surface area contributed by atoms with Gasteiger partial charge in [0.2, 0.25) is 11.8 Å². The van der Waals surface area contributed by atoms with Crippen molar-refractivity contribution in [1.29, 1.82) is 0 Å². The molecule has 3 N–H and O–H groups in total. The van der Waals surface area contributed by atoms with E-state index < -0.39 is 16.6 Å². The van der Waals surface area contributed by atoms with Gasteiger partial charge in [-0.05, 0) is 59.1 Å². The summed E-state index contributed by atoms with van der Waals surface area (Å²) in [6.45, 7) is 8.89. The molecule has 2 heterocycles. The molecule has 15 heteroatoms. The average Bonchev–Trinajstić information content (AvgIpc) is 3.36. The SMILES string of the molecule is CCOC(=O)CCCOC1=CC=C(Nc2nc(Nc3cnn(CCCNC(=O)OC(C)(C)C)c3)ncc2[N+](=O)[O-])CC1. The molecule has 1 aliphatic rings. The van der Waals surface area contributed by atoms with Crippen LogP contribution in [0.15, 0.2) is 42.2 Å². The Labute approximate surface area is 243 Å². The first-order valence-corrected chi connectivity index (χ1v) is 13.8. The first kappa shape index (κ1) is 31.8. The number of anilines is 3. The number of alkyl carbamates (subject to hydrolysis) is 1. The first-order chi connectivity index (χ1) is 20.0. The van der Waals surface area contributed by atoms with Crippen LogP contribution >= 0.6 is 0 Å². The van der Waals surface area contributed by atoms with Crippen molar-refractivity contribution < 1.29 is 28.7 Å². The highest BCUT2D eigenvalue weighted by atomic mass is 16.6. The fourth-order valence-corrected chi connectivity index (χ4v) is 3.73. The number of hydrogen-bond acceptors (Lipinski definition) is 12. The minimum atomic E-state index is -0.557. The van der Waals surface area contributed by atoms with Crippen molar-refractivity contribution >= 4 is 35.2 Å². The maximum absolute atomic E-state index is 11.7. The molecule has 0 spiro atoms. The molecular formula is C27H38N8O7. The van der Waals surface area contributed by atoms with E-state index in [2.05, 4.69) is 31.0 Å². The summed E-state index contributed by atoms with van der Waals surface area (Å²) in [5.41, 5.74) is 0.507. The predicted molar refractivity (Wildman–Crippen MR) is 154 cm³/mol. The summed E-state index contributed by atoms with van der Waals surface area (Å²) in [7, 11) is 0. The van der Waals surface area contributed by atoms with Gasteiger partial charge in [-0.15, -0.1) is 0 Å². The monoisotopic (exact) mass is 586 g/mol. The minimum Gasteiger partial charge on any atom is -0.498 e. The standard InChI is InChI=1S/C27H38N8O7/c1-5-40-23(36)8-6-15-41-21-11-9-19(10-12-21)31-24-22(35(38)39)17-29-25(33-24)32-20-16-30-34(18-20)14-7-13-28-26(37)42-27(2,3)4/h9,11,16-18H,5-8,10,12-15H2,1-4H3,(H,28,37)(H2,29,31,32,33). The molecule has 0 bridgehead atoms. The van der Waals surface area contributed by atoms with Gasteiger partial charge >= 0.3 is 17.7 Å². The van der Waals surface area contributed by atoms with Gasteiger partial charge in [0.1, 0.15) is 11.8 Å². The molecule has 0 aromatic carbocycles. The Morgan fingerprint density at radius 3 is 2.64 bits per heavy atom. The van der Waals surface area contributed by atoms with Crippen molar-refractivity contribution in [1.82, 2.24) is 25.1 Å². The van der Waals surface area contributed by atoms with Crippen LogP contribution < -0.4 is 16.0 Å². The summed E-state index contributed by atoms with van der Waals surface area (Å²) >= 11 is 0. The second-order valence-electron chi connectivity index (χ2n) is 10.3. The number of aryl methyl sites for hydroxylation is 1. The van der Waals surface area contributed by atoms with Gasteiger partial charge in [0.25, 0.3) is 0 Å². The van der Waals surface area contributed by atoms with Gasteiger partial charge in [-0.3, -0.25) is 19.6 Å². The van der Waals surface area contributed by atoms with Gasteiger partial charge in [0.15, 0.2) is 0 Å². The minimum absolute atomic E-state index is 0.0524. The molecule has 0 radical (unpaired) electrons. The lowest BCUT2D eigenvalue weighted by molar-refractivity contribution is -0.384. The van der Waals surface area contributed by atoms with E-state index in [1.165, 1.54) is 0 Å². The van der Waals surface area contributed by atoms with Gasteiger partial charge < -0.3 is 30.2 Å². The van der Waals surface area contributed by atoms with Gasteiger partial charge in [-0.1, -0.05) is 0 Å². The molecule has 2 aromatic rings. The molecule has 2 aromatic heterocycles. The lowest BCUT2D eigenvalue weighted by atomic mass is 10.1. The molecular weight excluding hydrogens is 548 g/mol.